The van der Waals surface area contributed by atoms with Gasteiger partial charge in [-0.15, -0.1) is 0 Å². The monoisotopic (exact) mass is 426 g/mol. The van der Waals surface area contributed by atoms with Gasteiger partial charge in [-0.3, -0.25) is 4.79 Å². The Morgan fingerprint density at radius 1 is 1.19 bits per heavy atom. The lowest BCUT2D eigenvalue weighted by atomic mass is 9.88. The summed E-state index contributed by atoms with van der Waals surface area (Å²) in [6.07, 6.45) is 1.67. The third-order valence-electron chi connectivity index (χ3n) is 6.29. The van der Waals surface area contributed by atoms with Crippen LogP contribution in [0.4, 0.5) is 10.1 Å². The largest absolute Gasteiger partial charge is 0.478 e. The van der Waals surface area contributed by atoms with Gasteiger partial charge in [0.25, 0.3) is 5.91 Å². The molecule has 0 aliphatic carbocycles. The van der Waals surface area contributed by atoms with E-state index in [1.165, 1.54) is 11.0 Å². The SMILES string of the molecule is CC1OC2(CCN(CCc3cccc(C(=O)O)c3)CC2)CN(c2ccccc2F)C1=O. The standard InChI is InChI=1S/C24H27FN2O4/c1-17-22(28)27(21-8-3-2-7-20(21)25)16-24(31-17)10-13-26(14-11-24)12-9-18-5-4-6-19(15-18)23(29)30/h2-8,15,17H,9-14,16H2,1H3,(H,29,30). The van der Waals surface area contributed by atoms with Crippen molar-refractivity contribution in [3.05, 3.63) is 65.5 Å². The second kappa shape index (κ2) is 8.77. The molecule has 1 atom stereocenters. The molecule has 1 spiro atoms. The third kappa shape index (κ3) is 4.62. The number of benzene rings is 2. The Kier molecular flexibility index (Phi) is 6.07. The highest BCUT2D eigenvalue weighted by atomic mass is 19.1. The van der Waals surface area contributed by atoms with Crippen LogP contribution in [0.3, 0.4) is 0 Å². The summed E-state index contributed by atoms with van der Waals surface area (Å²) in [5.74, 6) is -1.53. The first kappa shape index (κ1) is 21.5. The van der Waals surface area contributed by atoms with Gasteiger partial charge in [0.1, 0.15) is 11.9 Å². The number of halogens is 1. The zero-order valence-electron chi connectivity index (χ0n) is 17.6. The van der Waals surface area contributed by atoms with Crippen LogP contribution in [0.25, 0.3) is 0 Å². The molecule has 2 aliphatic rings. The van der Waals surface area contributed by atoms with Gasteiger partial charge < -0.3 is 19.6 Å². The molecule has 1 amide bonds. The summed E-state index contributed by atoms with van der Waals surface area (Å²) in [6.45, 7) is 4.53. The number of rotatable bonds is 5. The molecule has 31 heavy (non-hydrogen) atoms. The summed E-state index contributed by atoms with van der Waals surface area (Å²) in [6, 6.07) is 13.4. The molecule has 7 heteroatoms. The second-order valence-corrected chi connectivity index (χ2v) is 8.42. The molecule has 2 heterocycles. The van der Waals surface area contributed by atoms with Gasteiger partial charge in [-0.25, -0.2) is 9.18 Å². The Hall–Kier alpha value is -2.77. The van der Waals surface area contributed by atoms with Gasteiger partial charge in [0, 0.05) is 19.6 Å². The summed E-state index contributed by atoms with van der Waals surface area (Å²) < 4.78 is 20.5. The van der Waals surface area contributed by atoms with Crippen molar-refractivity contribution in [3.63, 3.8) is 0 Å². The lowest BCUT2D eigenvalue weighted by Gasteiger charge is -2.49. The average molecular weight is 426 g/mol. The molecule has 1 unspecified atom stereocenters. The van der Waals surface area contributed by atoms with Crippen LogP contribution in [0.2, 0.25) is 0 Å². The van der Waals surface area contributed by atoms with Crippen molar-refractivity contribution in [2.75, 3.05) is 31.1 Å². The first-order valence-electron chi connectivity index (χ1n) is 10.7. The highest BCUT2D eigenvalue weighted by Crippen LogP contribution is 2.35. The zero-order chi connectivity index (χ0) is 22.0. The number of nitrogens with zero attached hydrogens (tertiary/aromatic N) is 2. The number of carboxylic acids is 1. The topological polar surface area (TPSA) is 70.1 Å². The van der Waals surface area contributed by atoms with E-state index < -0.39 is 23.5 Å². The number of carbonyl (C=O) groups excluding carboxylic acids is 1. The van der Waals surface area contributed by atoms with E-state index in [1.807, 2.05) is 6.07 Å². The van der Waals surface area contributed by atoms with E-state index in [1.54, 1.807) is 43.3 Å². The summed E-state index contributed by atoms with van der Waals surface area (Å²) >= 11 is 0. The minimum atomic E-state index is -0.917. The van der Waals surface area contributed by atoms with E-state index in [0.29, 0.717) is 17.8 Å². The van der Waals surface area contributed by atoms with Gasteiger partial charge in [-0.2, -0.15) is 0 Å². The molecular formula is C24H27FN2O4. The van der Waals surface area contributed by atoms with Crippen LogP contribution in [0.15, 0.2) is 48.5 Å². The number of carbonyl (C=O) groups is 2. The predicted molar refractivity (Wildman–Crippen MR) is 115 cm³/mol. The van der Waals surface area contributed by atoms with Crippen LogP contribution in [0.1, 0.15) is 35.7 Å². The van der Waals surface area contributed by atoms with Crippen molar-refractivity contribution in [1.29, 1.82) is 0 Å². The maximum Gasteiger partial charge on any atom is 0.335 e. The normalized spacial score (nSPS) is 21.4. The van der Waals surface area contributed by atoms with Gasteiger partial charge in [0.15, 0.2) is 0 Å². The number of hydrogen-bond acceptors (Lipinski definition) is 4. The number of amides is 1. The molecule has 2 aromatic carbocycles. The third-order valence-corrected chi connectivity index (χ3v) is 6.29. The number of morpholine rings is 1. The molecule has 2 saturated heterocycles. The Labute approximate surface area is 181 Å². The molecule has 2 aromatic rings. The molecular weight excluding hydrogens is 399 g/mol. The van der Waals surface area contributed by atoms with Crippen LogP contribution in [-0.4, -0.2) is 59.8 Å². The first-order chi connectivity index (χ1) is 14.9. The molecule has 4 rings (SSSR count). The molecule has 0 bridgehead atoms. The number of ether oxygens (including phenoxy) is 1. The molecule has 0 radical (unpaired) electrons. The number of anilines is 1. The van der Waals surface area contributed by atoms with Crippen LogP contribution in [0.5, 0.6) is 0 Å². The minimum Gasteiger partial charge on any atom is -0.478 e. The number of carboxylic acid groups (broad SMARTS) is 1. The van der Waals surface area contributed by atoms with E-state index in [0.717, 1.165) is 44.5 Å². The quantitative estimate of drug-likeness (QED) is 0.794. The number of para-hydroxylation sites is 1. The van der Waals surface area contributed by atoms with E-state index in [4.69, 9.17) is 9.84 Å². The van der Waals surface area contributed by atoms with Crippen LogP contribution in [-0.2, 0) is 16.0 Å². The van der Waals surface area contributed by atoms with Gasteiger partial charge in [0.05, 0.1) is 23.4 Å². The Balaban J connectivity index is 1.39. The highest BCUT2D eigenvalue weighted by Gasteiger charge is 2.46. The van der Waals surface area contributed by atoms with Gasteiger partial charge in [-0.05, 0) is 56.0 Å². The molecule has 2 aliphatic heterocycles. The fourth-order valence-corrected chi connectivity index (χ4v) is 4.53. The first-order valence-corrected chi connectivity index (χ1v) is 10.7. The highest BCUT2D eigenvalue weighted by molar-refractivity contribution is 5.97. The Bertz CT molecular complexity index is 972. The molecule has 0 saturated carbocycles. The molecule has 1 N–H and O–H groups in total. The van der Waals surface area contributed by atoms with Crippen molar-refractivity contribution >= 4 is 17.6 Å². The summed E-state index contributed by atoms with van der Waals surface area (Å²) in [7, 11) is 0. The average Bonchev–Trinajstić information content (AvgIpc) is 2.77. The molecule has 2 fully saturated rings. The second-order valence-electron chi connectivity index (χ2n) is 8.42. The van der Waals surface area contributed by atoms with E-state index in [9.17, 15) is 14.0 Å². The fourth-order valence-electron chi connectivity index (χ4n) is 4.53. The van der Waals surface area contributed by atoms with Crippen LogP contribution in [0, 0.1) is 5.82 Å². The molecule has 6 nitrogen and oxygen atoms in total. The lowest BCUT2D eigenvalue weighted by molar-refractivity contribution is -0.161. The number of piperidine rings is 1. The van der Waals surface area contributed by atoms with Gasteiger partial charge >= 0.3 is 5.97 Å². The molecule has 164 valence electrons. The maximum absolute atomic E-state index is 14.4. The van der Waals surface area contributed by atoms with Crippen molar-refractivity contribution in [1.82, 2.24) is 4.90 Å². The van der Waals surface area contributed by atoms with E-state index in [2.05, 4.69) is 4.90 Å². The number of aromatic carboxylic acids is 1. The number of hydrogen-bond donors (Lipinski definition) is 1. The van der Waals surface area contributed by atoms with Crippen LogP contribution < -0.4 is 4.90 Å². The van der Waals surface area contributed by atoms with Crippen molar-refractivity contribution in [2.24, 2.45) is 0 Å². The Morgan fingerprint density at radius 3 is 2.65 bits per heavy atom. The number of likely N-dealkylation sites (tertiary alicyclic amines) is 1. The van der Waals surface area contributed by atoms with E-state index in [-0.39, 0.29) is 5.91 Å². The maximum atomic E-state index is 14.4. The molecule has 0 aromatic heterocycles. The van der Waals surface area contributed by atoms with Gasteiger partial charge in [0.2, 0.25) is 0 Å². The zero-order valence-corrected chi connectivity index (χ0v) is 17.6. The summed E-state index contributed by atoms with van der Waals surface area (Å²) in [5, 5.41) is 9.15. The Morgan fingerprint density at radius 2 is 1.94 bits per heavy atom. The minimum absolute atomic E-state index is 0.212. The summed E-state index contributed by atoms with van der Waals surface area (Å²) in [5.41, 5.74) is 1.13. The fraction of sp³-hybridized carbons (Fsp3) is 0.417. The van der Waals surface area contributed by atoms with Crippen LogP contribution >= 0.6 is 0 Å². The predicted octanol–water partition coefficient (Wildman–Crippen LogP) is 3.35. The summed E-state index contributed by atoms with van der Waals surface area (Å²) in [4.78, 5) is 27.7. The van der Waals surface area contributed by atoms with Crippen molar-refractivity contribution < 1.29 is 23.8 Å². The van der Waals surface area contributed by atoms with Crippen molar-refractivity contribution in [3.8, 4) is 0 Å². The smallest absolute Gasteiger partial charge is 0.335 e. The lowest BCUT2D eigenvalue weighted by Crippen LogP contribution is -2.61. The van der Waals surface area contributed by atoms with Crippen molar-refractivity contribution in [2.45, 2.75) is 37.9 Å². The van der Waals surface area contributed by atoms with Gasteiger partial charge in [-0.1, -0.05) is 24.3 Å². The van der Waals surface area contributed by atoms with E-state index >= 15 is 0 Å².